The molecule has 0 radical (unpaired) electrons. The summed E-state index contributed by atoms with van der Waals surface area (Å²) in [4.78, 5) is 18.5. The molecule has 0 amide bonds. The van der Waals surface area contributed by atoms with E-state index in [1.807, 2.05) is 0 Å². The lowest BCUT2D eigenvalue weighted by atomic mass is 10.1. The van der Waals surface area contributed by atoms with Crippen molar-refractivity contribution >= 4 is 40.0 Å². The molecule has 3 aromatic rings. The number of nitrogens with zero attached hydrogens (tertiary/aromatic N) is 1. The first-order valence-corrected chi connectivity index (χ1v) is 6.43. The topological polar surface area (TPSA) is 79.1 Å². The van der Waals surface area contributed by atoms with Gasteiger partial charge in [0.05, 0.1) is 27.4 Å². The summed E-state index contributed by atoms with van der Waals surface area (Å²) in [5.74, 6) is 0.0319. The number of aromatic amines is 1. The van der Waals surface area contributed by atoms with Gasteiger partial charge >= 0.3 is 0 Å². The molecule has 0 atom stereocenters. The average Bonchev–Trinajstić information content (AvgIpc) is 3.08. The van der Waals surface area contributed by atoms with Gasteiger partial charge in [-0.2, -0.15) is 0 Å². The number of hydrogen-bond donors (Lipinski definition) is 2. The first-order valence-electron chi connectivity index (χ1n) is 5.67. The molecule has 5 nitrogen and oxygen atoms in total. The van der Waals surface area contributed by atoms with Crippen LogP contribution in [0.2, 0.25) is 10.0 Å². The van der Waals surface area contributed by atoms with Crippen molar-refractivity contribution in [3.8, 4) is 11.3 Å². The lowest BCUT2D eigenvalue weighted by Crippen LogP contribution is -2.06. The molecule has 1 aromatic carbocycles. The molecule has 3 rings (SSSR count). The van der Waals surface area contributed by atoms with Gasteiger partial charge in [0.1, 0.15) is 17.9 Å². The van der Waals surface area contributed by atoms with Crippen LogP contribution in [0.1, 0.15) is 10.6 Å². The molecule has 0 aliphatic rings. The number of aliphatic hydroxyl groups is 1. The first-order chi connectivity index (χ1) is 9.61. The van der Waals surface area contributed by atoms with Gasteiger partial charge in [0.25, 0.3) is 0 Å². The van der Waals surface area contributed by atoms with Crippen LogP contribution in [-0.2, 0) is 0 Å². The quantitative estimate of drug-likeness (QED) is 0.727. The second-order valence-electron chi connectivity index (χ2n) is 4.09. The second-order valence-corrected chi connectivity index (χ2v) is 4.87. The van der Waals surface area contributed by atoms with E-state index in [0.29, 0.717) is 32.4 Å². The van der Waals surface area contributed by atoms with Crippen LogP contribution in [0.3, 0.4) is 0 Å². The Bertz CT molecular complexity index is 794. The Kier molecular flexibility index (Phi) is 3.25. The van der Waals surface area contributed by atoms with E-state index in [1.165, 1.54) is 6.26 Å². The number of rotatable bonds is 3. The van der Waals surface area contributed by atoms with Crippen LogP contribution in [0.4, 0.5) is 0 Å². The van der Waals surface area contributed by atoms with Crippen LogP contribution in [0.25, 0.3) is 22.4 Å². The fraction of sp³-hybridized carbons (Fsp3) is 0.0769. The summed E-state index contributed by atoms with van der Waals surface area (Å²) in [5.41, 5.74) is 1.51. The van der Waals surface area contributed by atoms with Crippen LogP contribution < -0.4 is 0 Å². The molecule has 0 unspecified atom stereocenters. The predicted octanol–water partition coefficient (Wildman–Crippen LogP) is 3.30. The van der Waals surface area contributed by atoms with Crippen molar-refractivity contribution in [2.24, 2.45) is 0 Å². The molecule has 0 fully saturated rings. The van der Waals surface area contributed by atoms with Crippen molar-refractivity contribution in [1.29, 1.82) is 0 Å². The Morgan fingerprint density at radius 1 is 1.45 bits per heavy atom. The highest BCUT2D eigenvalue weighted by molar-refractivity contribution is 6.45. The number of imidazole rings is 1. The van der Waals surface area contributed by atoms with Crippen molar-refractivity contribution in [2.75, 3.05) is 6.61 Å². The van der Waals surface area contributed by atoms with E-state index in [1.54, 1.807) is 18.2 Å². The average molecular weight is 311 g/mol. The normalized spacial score (nSPS) is 11.2. The second kappa shape index (κ2) is 4.94. The zero-order valence-electron chi connectivity index (χ0n) is 9.98. The van der Waals surface area contributed by atoms with Gasteiger partial charge < -0.3 is 14.5 Å². The lowest BCUT2D eigenvalue weighted by Gasteiger charge is -2.04. The molecule has 20 heavy (non-hydrogen) atoms. The summed E-state index contributed by atoms with van der Waals surface area (Å²) in [7, 11) is 0. The van der Waals surface area contributed by atoms with Gasteiger partial charge in [0.15, 0.2) is 5.82 Å². The standard InChI is InChI=1S/C13H8Cl2N2O3/c14-6-4-7-12(17-13(16-7)8(19)5-18)10(11(6)15)9-2-1-3-20-9/h1-4,18H,5H2,(H,16,17). The van der Waals surface area contributed by atoms with Crippen molar-refractivity contribution in [2.45, 2.75) is 0 Å². The van der Waals surface area contributed by atoms with Gasteiger partial charge in [-0.25, -0.2) is 4.98 Å². The Morgan fingerprint density at radius 3 is 2.90 bits per heavy atom. The zero-order valence-corrected chi connectivity index (χ0v) is 11.5. The highest BCUT2D eigenvalue weighted by Gasteiger charge is 2.20. The number of halogens is 2. The van der Waals surface area contributed by atoms with E-state index >= 15 is 0 Å². The van der Waals surface area contributed by atoms with Gasteiger partial charge in [0.2, 0.25) is 5.78 Å². The largest absolute Gasteiger partial charge is 0.464 e. The molecular formula is C13H8Cl2N2O3. The van der Waals surface area contributed by atoms with Gasteiger partial charge in [-0.05, 0) is 18.2 Å². The molecule has 2 aromatic heterocycles. The maximum Gasteiger partial charge on any atom is 0.223 e. The molecule has 0 saturated heterocycles. The van der Waals surface area contributed by atoms with Crippen LogP contribution in [0.15, 0.2) is 28.9 Å². The van der Waals surface area contributed by atoms with Gasteiger partial charge in [-0.3, -0.25) is 4.79 Å². The number of ketones is 1. The van der Waals surface area contributed by atoms with Crippen molar-refractivity contribution in [3.63, 3.8) is 0 Å². The third kappa shape index (κ3) is 2.00. The molecular weight excluding hydrogens is 303 g/mol. The number of aliphatic hydroxyl groups excluding tert-OH is 1. The van der Waals surface area contributed by atoms with Gasteiger partial charge in [-0.1, -0.05) is 23.2 Å². The number of carbonyl (C=O) groups excluding carboxylic acids is 1. The summed E-state index contributed by atoms with van der Waals surface area (Å²) in [5, 5.41) is 9.51. The Hall–Kier alpha value is -1.82. The molecule has 0 spiro atoms. The molecule has 0 bridgehead atoms. The predicted molar refractivity (Wildman–Crippen MR) is 75.2 cm³/mol. The number of fused-ring (bicyclic) bond motifs is 1. The van der Waals surface area contributed by atoms with Gasteiger partial charge in [0, 0.05) is 0 Å². The summed E-state index contributed by atoms with van der Waals surface area (Å²) in [6.45, 7) is -0.628. The minimum atomic E-state index is -0.628. The highest BCUT2D eigenvalue weighted by Crippen LogP contribution is 2.39. The third-order valence-corrected chi connectivity index (χ3v) is 3.63. The lowest BCUT2D eigenvalue weighted by molar-refractivity contribution is 0.0894. The van der Waals surface area contributed by atoms with Crippen molar-refractivity contribution in [3.05, 3.63) is 40.3 Å². The van der Waals surface area contributed by atoms with Crippen LogP contribution in [0, 0.1) is 0 Å². The molecule has 2 heterocycles. The number of hydrogen-bond acceptors (Lipinski definition) is 4. The van der Waals surface area contributed by atoms with E-state index in [9.17, 15) is 4.79 Å². The summed E-state index contributed by atoms with van der Waals surface area (Å²) < 4.78 is 5.33. The van der Waals surface area contributed by atoms with E-state index in [4.69, 9.17) is 32.7 Å². The van der Waals surface area contributed by atoms with Crippen LogP contribution in [0.5, 0.6) is 0 Å². The third-order valence-electron chi connectivity index (χ3n) is 2.84. The number of benzene rings is 1. The van der Waals surface area contributed by atoms with Crippen LogP contribution >= 0.6 is 23.2 Å². The molecule has 0 aliphatic heterocycles. The van der Waals surface area contributed by atoms with E-state index < -0.39 is 12.4 Å². The summed E-state index contributed by atoms with van der Waals surface area (Å²) in [6.07, 6.45) is 1.50. The Balaban J connectivity index is 2.34. The van der Waals surface area contributed by atoms with Crippen molar-refractivity contribution in [1.82, 2.24) is 9.97 Å². The highest BCUT2D eigenvalue weighted by atomic mass is 35.5. The zero-order chi connectivity index (χ0) is 14.3. The molecule has 0 aliphatic carbocycles. The molecule has 0 saturated carbocycles. The number of Topliss-reactive ketones (excluding diaryl/α,β-unsaturated/α-hetero) is 1. The SMILES string of the molecule is O=C(CO)c1nc2c(-c3ccco3)c(Cl)c(Cl)cc2[nH]1. The smallest absolute Gasteiger partial charge is 0.223 e. The van der Waals surface area contributed by atoms with Crippen molar-refractivity contribution < 1.29 is 14.3 Å². The van der Waals surface area contributed by atoms with Gasteiger partial charge in [-0.15, -0.1) is 0 Å². The maximum absolute atomic E-state index is 11.5. The first kappa shape index (κ1) is 13.2. The molecule has 102 valence electrons. The molecule has 7 heteroatoms. The Labute approximate surface area is 123 Å². The Morgan fingerprint density at radius 2 is 2.25 bits per heavy atom. The summed E-state index contributed by atoms with van der Waals surface area (Å²) in [6, 6.07) is 5.01. The number of H-pyrrole nitrogens is 1. The number of aromatic nitrogens is 2. The summed E-state index contributed by atoms with van der Waals surface area (Å²) >= 11 is 12.3. The number of carbonyl (C=O) groups is 1. The fourth-order valence-corrected chi connectivity index (χ4v) is 2.39. The molecule has 2 N–H and O–H groups in total. The van der Waals surface area contributed by atoms with E-state index in [-0.39, 0.29) is 5.82 Å². The minimum Gasteiger partial charge on any atom is -0.464 e. The van der Waals surface area contributed by atoms with E-state index in [2.05, 4.69) is 9.97 Å². The maximum atomic E-state index is 11.5. The van der Waals surface area contributed by atoms with Crippen LogP contribution in [-0.4, -0.2) is 27.5 Å². The fourth-order valence-electron chi connectivity index (χ4n) is 1.95. The number of nitrogens with one attached hydrogen (secondary N) is 1. The minimum absolute atomic E-state index is 0.0497. The van der Waals surface area contributed by atoms with E-state index in [0.717, 1.165) is 0 Å². The number of furan rings is 1. The monoisotopic (exact) mass is 310 g/mol.